The quantitative estimate of drug-likeness (QED) is 0.814. The molecular weight excluding hydrogens is 320 g/mol. The van der Waals surface area contributed by atoms with Gasteiger partial charge in [-0.15, -0.1) is 0 Å². The third-order valence-electron chi connectivity index (χ3n) is 5.39. The number of para-hydroxylation sites is 1. The van der Waals surface area contributed by atoms with Crippen molar-refractivity contribution in [1.82, 2.24) is 20.1 Å². The maximum atomic E-state index is 13.0. The molecule has 2 N–H and O–H groups in total. The summed E-state index contributed by atoms with van der Waals surface area (Å²) >= 11 is 0. The second-order valence-electron chi connectivity index (χ2n) is 6.77. The number of aromatic amines is 1. The van der Waals surface area contributed by atoms with Crippen molar-refractivity contribution >= 4 is 22.8 Å². The predicted molar refractivity (Wildman–Crippen MR) is 93.7 cm³/mol. The van der Waals surface area contributed by atoms with Gasteiger partial charge < -0.3 is 20.1 Å². The first-order chi connectivity index (χ1) is 12.0. The Morgan fingerprint density at radius 3 is 2.80 bits per heavy atom. The van der Waals surface area contributed by atoms with Crippen molar-refractivity contribution in [2.24, 2.45) is 0 Å². The molecular formula is C18H20N4O3. The van der Waals surface area contributed by atoms with Gasteiger partial charge in [-0.2, -0.15) is 0 Å². The molecule has 0 saturated carbocycles. The average molecular weight is 340 g/mol. The van der Waals surface area contributed by atoms with Crippen molar-refractivity contribution < 1.29 is 9.59 Å². The fourth-order valence-electron chi connectivity index (χ4n) is 3.97. The van der Waals surface area contributed by atoms with Crippen LogP contribution in [0.4, 0.5) is 4.79 Å². The summed E-state index contributed by atoms with van der Waals surface area (Å²) in [4.78, 5) is 43.5. The molecule has 0 unspecified atom stereocenters. The number of aromatic nitrogens is 1. The highest BCUT2D eigenvalue weighted by atomic mass is 16.2. The summed E-state index contributed by atoms with van der Waals surface area (Å²) in [5, 5.41) is 3.78. The third-order valence-corrected chi connectivity index (χ3v) is 5.39. The lowest BCUT2D eigenvalue weighted by Crippen LogP contribution is -2.53. The number of benzene rings is 1. The minimum absolute atomic E-state index is 0.0879. The van der Waals surface area contributed by atoms with E-state index in [0.717, 1.165) is 10.9 Å². The predicted octanol–water partition coefficient (Wildman–Crippen LogP) is 1.07. The van der Waals surface area contributed by atoms with Crippen molar-refractivity contribution in [2.75, 3.05) is 20.1 Å². The number of amides is 3. The number of urea groups is 1. The molecule has 1 aromatic carbocycles. The Morgan fingerprint density at radius 2 is 2.00 bits per heavy atom. The SMILES string of the molecule is Cc1c(C(=O)N2CC[C@H]3[C@@H](C2)NC(=O)N3C)c(=O)[nH]c2ccccc12. The van der Waals surface area contributed by atoms with Crippen LogP contribution >= 0.6 is 0 Å². The van der Waals surface area contributed by atoms with Crippen molar-refractivity contribution in [2.45, 2.75) is 25.4 Å². The van der Waals surface area contributed by atoms with Crippen LogP contribution in [0.25, 0.3) is 10.9 Å². The van der Waals surface area contributed by atoms with Gasteiger partial charge in [0.15, 0.2) is 0 Å². The second kappa shape index (κ2) is 5.61. The van der Waals surface area contributed by atoms with Crippen LogP contribution in [0.3, 0.4) is 0 Å². The molecule has 3 heterocycles. The Bertz CT molecular complexity index is 936. The van der Waals surface area contributed by atoms with Gasteiger partial charge in [0.05, 0.1) is 12.1 Å². The van der Waals surface area contributed by atoms with Crippen molar-refractivity contribution in [3.63, 3.8) is 0 Å². The van der Waals surface area contributed by atoms with E-state index < -0.39 is 0 Å². The zero-order valence-corrected chi connectivity index (χ0v) is 14.2. The Hall–Kier alpha value is -2.83. The van der Waals surface area contributed by atoms with Crippen LogP contribution in [0, 0.1) is 6.92 Å². The molecule has 2 aromatic rings. The fraction of sp³-hybridized carbons (Fsp3) is 0.389. The summed E-state index contributed by atoms with van der Waals surface area (Å²) in [6.07, 6.45) is 0.705. The summed E-state index contributed by atoms with van der Waals surface area (Å²) in [6.45, 7) is 2.76. The lowest BCUT2D eigenvalue weighted by Gasteiger charge is -2.35. The van der Waals surface area contributed by atoms with Crippen LogP contribution < -0.4 is 10.9 Å². The van der Waals surface area contributed by atoms with E-state index in [2.05, 4.69) is 10.3 Å². The topological polar surface area (TPSA) is 85.5 Å². The number of piperidine rings is 1. The van der Waals surface area contributed by atoms with E-state index >= 15 is 0 Å². The highest BCUT2D eigenvalue weighted by Gasteiger charge is 2.42. The molecule has 1 aromatic heterocycles. The molecule has 2 saturated heterocycles. The molecule has 2 aliphatic rings. The number of nitrogens with one attached hydrogen (secondary N) is 2. The van der Waals surface area contributed by atoms with E-state index in [0.29, 0.717) is 25.1 Å². The minimum Gasteiger partial charge on any atom is -0.336 e. The Labute approximate surface area is 144 Å². The third kappa shape index (κ3) is 2.38. The Morgan fingerprint density at radius 1 is 1.24 bits per heavy atom. The first-order valence-electron chi connectivity index (χ1n) is 8.41. The normalized spacial score (nSPS) is 22.9. The molecule has 2 aliphatic heterocycles. The number of carbonyl (C=O) groups excluding carboxylic acids is 2. The molecule has 25 heavy (non-hydrogen) atoms. The zero-order valence-electron chi connectivity index (χ0n) is 14.2. The molecule has 2 fully saturated rings. The van der Waals surface area contributed by atoms with Crippen molar-refractivity contribution in [3.8, 4) is 0 Å². The van der Waals surface area contributed by atoms with Gasteiger partial charge in [0.2, 0.25) is 0 Å². The largest absolute Gasteiger partial charge is 0.336 e. The fourth-order valence-corrected chi connectivity index (χ4v) is 3.97. The lowest BCUT2D eigenvalue weighted by atomic mass is 9.98. The number of likely N-dealkylation sites (N-methyl/N-ethyl adjacent to an activating group) is 1. The zero-order chi connectivity index (χ0) is 17.7. The molecule has 2 atom stereocenters. The number of pyridine rings is 1. The van der Waals surface area contributed by atoms with Crippen LogP contribution in [-0.2, 0) is 0 Å². The van der Waals surface area contributed by atoms with Gasteiger partial charge in [0, 0.05) is 31.0 Å². The first-order valence-corrected chi connectivity index (χ1v) is 8.41. The maximum Gasteiger partial charge on any atom is 0.317 e. The van der Waals surface area contributed by atoms with Gasteiger partial charge in [0.25, 0.3) is 11.5 Å². The van der Waals surface area contributed by atoms with Gasteiger partial charge >= 0.3 is 6.03 Å². The lowest BCUT2D eigenvalue weighted by molar-refractivity contribution is 0.0664. The summed E-state index contributed by atoms with van der Waals surface area (Å²) in [5.41, 5.74) is 1.25. The number of hydrogen-bond acceptors (Lipinski definition) is 3. The highest BCUT2D eigenvalue weighted by molar-refractivity contribution is 6.00. The molecule has 0 aliphatic carbocycles. The van der Waals surface area contributed by atoms with Crippen LogP contribution in [-0.4, -0.2) is 58.9 Å². The molecule has 7 heteroatoms. The number of aryl methyl sites for hydroxylation is 1. The molecule has 3 amide bonds. The van der Waals surface area contributed by atoms with Crippen LogP contribution in [0.2, 0.25) is 0 Å². The number of H-pyrrole nitrogens is 1. The average Bonchev–Trinajstić information content (AvgIpc) is 2.88. The molecule has 0 bridgehead atoms. The highest BCUT2D eigenvalue weighted by Crippen LogP contribution is 2.24. The molecule has 130 valence electrons. The molecule has 4 rings (SSSR count). The summed E-state index contributed by atoms with van der Waals surface area (Å²) in [6, 6.07) is 7.37. The van der Waals surface area contributed by atoms with Crippen molar-refractivity contribution in [3.05, 3.63) is 45.7 Å². The molecule has 7 nitrogen and oxygen atoms in total. The van der Waals surface area contributed by atoms with Crippen molar-refractivity contribution in [1.29, 1.82) is 0 Å². The number of rotatable bonds is 1. The van der Waals surface area contributed by atoms with E-state index in [9.17, 15) is 14.4 Å². The molecule has 0 radical (unpaired) electrons. The first kappa shape index (κ1) is 15.7. The van der Waals surface area contributed by atoms with E-state index in [1.165, 1.54) is 0 Å². The number of nitrogens with zero attached hydrogens (tertiary/aromatic N) is 2. The summed E-state index contributed by atoms with van der Waals surface area (Å²) in [7, 11) is 1.77. The van der Waals surface area contributed by atoms with E-state index in [1.54, 1.807) is 16.8 Å². The van der Waals surface area contributed by atoms with E-state index in [1.807, 2.05) is 31.2 Å². The second-order valence-corrected chi connectivity index (χ2v) is 6.77. The van der Waals surface area contributed by atoms with Gasteiger partial charge in [-0.05, 0) is 25.0 Å². The van der Waals surface area contributed by atoms with Gasteiger partial charge in [-0.3, -0.25) is 9.59 Å². The summed E-state index contributed by atoms with van der Waals surface area (Å²) in [5.74, 6) is -0.272. The number of likely N-dealkylation sites (tertiary alicyclic amines) is 1. The van der Waals surface area contributed by atoms with Gasteiger partial charge in [-0.25, -0.2) is 4.79 Å². The minimum atomic E-state index is -0.365. The van der Waals surface area contributed by atoms with E-state index in [4.69, 9.17) is 0 Å². The number of fused-ring (bicyclic) bond motifs is 2. The monoisotopic (exact) mass is 340 g/mol. The number of hydrogen-bond donors (Lipinski definition) is 2. The van der Waals surface area contributed by atoms with Crippen LogP contribution in [0.5, 0.6) is 0 Å². The Kier molecular flexibility index (Phi) is 3.52. The maximum absolute atomic E-state index is 13.0. The van der Waals surface area contributed by atoms with E-state index in [-0.39, 0.29) is 35.1 Å². The standard InChI is InChI=1S/C18H20N4O3/c1-10-11-5-3-4-6-12(11)19-16(23)15(10)17(24)22-8-7-14-13(9-22)20-18(25)21(14)2/h3-6,13-14H,7-9H2,1-2H3,(H,19,23)(H,20,25)/t13-,14+/m1/s1. The number of carbonyl (C=O) groups is 2. The van der Waals surface area contributed by atoms with Gasteiger partial charge in [-0.1, -0.05) is 18.2 Å². The van der Waals surface area contributed by atoms with Crippen LogP contribution in [0.1, 0.15) is 22.3 Å². The summed E-state index contributed by atoms with van der Waals surface area (Å²) < 4.78 is 0. The smallest absolute Gasteiger partial charge is 0.317 e. The van der Waals surface area contributed by atoms with Crippen LogP contribution in [0.15, 0.2) is 29.1 Å². The molecule has 0 spiro atoms. The Balaban J connectivity index is 1.67. The van der Waals surface area contributed by atoms with Gasteiger partial charge in [0.1, 0.15) is 5.56 Å².